The first-order valence-corrected chi connectivity index (χ1v) is 5.21. The Morgan fingerprint density at radius 1 is 1.40 bits per heavy atom. The predicted octanol–water partition coefficient (Wildman–Crippen LogP) is 0.286. The SMILES string of the molecule is [NH3+][C@@H](CC(=O)[O-])Cc1ccc(Cl)c(Cl)c1. The molecule has 0 saturated carbocycles. The highest BCUT2D eigenvalue weighted by Gasteiger charge is 2.09. The van der Waals surface area contributed by atoms with Gasteiger partial charge < -0.3 is 15.6 Å². The van der Waals surface area contributed by atoms with E-state index in [1.165, 1.54) is 0 Å². The highest BCUT2D eigenvalue weighted by molar-refractivity contribution is 6.42. The van der Waals surface area contributed by atoms with Gasteiger partial charge in [-0.05, 0) is 17.7 Å². The largest absolute Gasteiger partial charge is 0.550 e. The molecule has 0 fully saturated rings. The molecule has 0 aliphatic carbocycles. The summed E-state index contributed by atoms with van der Waals surface area (Å²) in [5, 5.41) is 11.3. The van der Waals surface area contributed by atoms with Crippen molar-refractivity contribution in [2.24, 2.45) is 0 Å². The van der Waals surface area contributed by atoms with Crippen molar-refractivity contribution in [2.45, 2.75) is 18.9 Å². The monoisotopic (exact) mass is 247 g/mol. The number of aliphatic carboxylic acids is 1. The molecule has 0 saturated heterocycles. The third-order valence-electron chi connectivity index (χ3n) is 1.96. The Morgan fingerprint density at radius 2 is 2.07 bits per heavy atom. The van der Waals surface area contributed by atoms with Crippen molar-refractivity contribution in [3.05, 3.63) is 33.8 Å². The number of benzene rings is 1. The summed E-state index contributed by atoms with van der Waals surface area (Å²) < 4.78 is 0. The number of rotatable bonds is 4. The van der Waals surface area contributed by atoms with Gasteiger partial charge in [-0.25, -0.2) is 0 Å². The molecule has 15 heavy (non-hydrogen) atoms. The van der Waals surface area contributed by atoms with Gasteiger partial charge in [-0.3, -0.25) is 0 Å². The Morgan fingerprint density at radius 3 is 2.60 bits per heavy atom. The molecule has 0 spiro atoms. The summed E-state index contributed by atoms with van der Waals surface area (Å²) >= 11 is 11.6. The van der Waals surface area contributed by atoms with Gasteiger partial charge in [-0.2, -0.15) is 0 Å². The summed E-state index contributed by atoms with van der Waals surface area (Å²) in [5.74, 6) is -1.09. The normalized spacial score (nSPS) is 12.5. The zero-order chi connectivity index (χ0) is 11.4. The highest BCUT2D eigenvalue weighted by Crippen LogP contribution is 2.23. The summed E-state index contributed by atoms with van der Waals surface area (Å²) in [4.78, 5) is 10.3. The predicted molar refractivity (Wildman–Crippen MR) is 56.5 cm³/mol. The fourth-order valence-corrected chi connectivity index (χ4v) is 1.63. The number of carbonyl (C=O) groups is 1. The summed E-state index contributed by atoms with van der Waals surface area (Å²) in [7, 11) is 0. The lowest BCUT2D eigenvalue weighted by Crippen LogP contribution is -2.63. The van der Waals surface area contributed by atoms with Crippen LogP contribution in [-0.4, -0.2) is 12.0 Å². The van der Waals surface area contributed by atoms with Crippen LogP contribution in [0.25, 0.3) is 0 Å². The molecule has 1 atom stereocenters. The Hall–Kier alpha value is -0.770. The topological polar surface area (TPSA) is 67.8 Å². The highest BCUT2D eigenvalue weighted by atomic mass is 35.5. The minimum Gasteiger partial charge on any atom is -0.550 e. The van der Waals surface area contributed by atoms with E-state index < -0.39 is 5.97 Å². The Balaban J connectivity index is 2.64. The van der Waals surface area contributed by atoms with Gasteiger partial charge in [0.1, 0.15) is 0 Å². The van der Waals surface area contributed by atoms with Crippen molar-refractivity contribution in [2.75, 3.05) is 0 Å². The van der Waals surface area contributed by atoms with Crippen LogP contribution in [-0.2, 0) is 11.2 Å². The standard InChI is InChI=1S/C10H11Cl2NO2/c11-8-2-1-6(4-9(8)12)3-7(13)5-10(14)15/h1-2,4,7H,3,5,13H2,(H,14,15)/t7-/m1/s1. The van der Waals surface area contributed by atoms with Crippen molar-refractivity contribution in [1.82, 2.24) is 0 Å². The van der Waals surface area contributed by atoms with Crippen LogP contribution in [0.15, 0.2) is 18.2 Å². The first kappa shape index (κ1) is 12.3. The maximum Gasteiger partial charge on any atom is 0.0937 e. The zero-order valence-corrected chi connectivity index (χ0v) is 9.52. The Bertz CT molecular complexity index is 368. The number of halogens is 2. The number of carboxylic acid groups (broad SMARTS) is 1. The minimum absolute atomic E-state index is 0.0553. The average Bonchev–Trinajstić information content (AvgIpc) is 2.10. The first-order chi connectivity index (χ1) is 6.99. The smallest absolute Gasteiger partial charge is 0.0937 e. The van der Waals surface area contributed by atoms with Crippen LogP contribution in [0.1, 0.15) is 12.0 Å². The molecular weight excluding hydrogens is 237 g/mol. The average molecular weight is 248 g/mol. The van der Waals surface area contributed by atoms with Gasteiger partial charge in [-0.1, -0.05) is 29.3 Å². The van der Waals surface area contributed by atoms with E-state index in [4.69, 9.17) is 23.2 Å². The fourth-order valence-electron chi connectivity index (χ4n) is 1.31. The summed E-state index contributed by atoms with van der Waals surface area (Å²) in [6.07, 6.45) is 0.491. The van der Waals surface area contributed by atoms with E-state index in [9.17, 15) is 9.90 Å². The molecule has 0 heterocycles. The van der Waals surface area contributed by atoms with Crippen LogP contribution in [0.2, 0.25) is 10.0 Å². The van der Waals surface area contributed by atoms with E-state index in [2.05, 4.69) is 5.73 Å². The molecule has 0 amide bonds. The Labute approximate surface area is 97.8 Å². The van der Waals surface area contributed by atoms with Crippen molar-refractivity contribution < 1.29 is 15.6 Å². The lowest BCUT2D eigenvalue weighted by Gasteiger charge is -2.09. The zero-order valence-electron chi connectivity index (χ0n) is 8.00. The van der Waals surface area contributed by atoms with Gasteiger partial charge in [-0.15, -0.1) is 0 Å². The van der Waals surface area contributed by atoms with Crippen LogP contribution in [0.3, 0.4) is 0 Å². The van der Waals surface area contributed by atoms with Gasteiger partial charge in [0.2, 0.25) is 0 Å². The van der Waals surface area contributed by atoms with Crippen LogP contribution < -0.4 is 10.8 Å². The first-order valence-electron chi connectivity index (χ1n) is 4.46. The molecule has 1 aromatic rings. The molecular formula is C10H11Cl2NO2. The second-order valence-corrected chi connectivity index (χ2v) is 4.21. The number of hydrogen-bond acceptors (Lipinski definition) is 2. The van der Waals surface area contributed by atoms with E-state index in [-0.39, 0.29) is 12.5 Å². The van der Waals surface area contributed by atoms with Crippen molar-refractivity contribution in [1.29, 1.82) is 0 Å². The molecule has 0 aromatic heterocycles. The fraction of sp³-hybridized carbons (Fsp3) is 0.300. The van der Waals surface area contributed by atoms with Gasteiger partial charge in [0.05, 0.1) is 16.1 Å². The molecule has 0 aliphatic rings. The van der Waals surface area contributed by atoms with Gasteiger partial charge in [0, 0.05) is 18.8 Å². The lowest BCUT2D eigenvalue weighted by molar-refractivity contribution is -0.423. The third kappa shape index (κ3) is 4.08. The van der Waals surface area contributed by atoms with Crippen LogP contribution in [0.5, 0.6) is 0 Å². The number of quaternary nitrogens is 1. The van der Waals surface area contributed by atoms with E-state index in [1.54, 1.807) is 12.1 Å². The molecule has 3 N–H and O–H groups in total. The maximum atomic E-state index is 10.3. The Kier molecular flexibility index (Phi) is 4.39. The molecule has 0 unspecified atom stereocenters. The van der Waals surface area contributed by atoms with Gasteiger partial charge >= 0.3 is 0 Å². The van der Waals surface area contributed by atoms with E-state index in [0.717, 1.165) is 5.56 Å². The van der Waals surface area contributed by atoms with Crippen molar-refractivity contribution in [3.8, 4) is 0 Å². The van der Waals surface area contributed by atoms with E-state index >= 15 is 0 Å². The van der Waals surface area contributed by atoms with E-state index in [1.807, 2.05) is 6.07 Å². The molecule has 1 rings (SSSR count). The molecule has 3 nitrogen and oxygen atoms in total. The third-order valence-corrected chi connectivity index (χ3v) is 2.70. The summed E-state index contributed by atoms with van der Waals surface area (Å²) in [5.41, 5.74) is 4.65. The lowest BCUT2D eigenvalue weighted by atomic mass is 10.0. The molecule has 0 bridgehead atoms. The van der Waals surface area contributed by atoms with E-state index in [0.29, 0.717) is 16.5 Å². The second-order valence-electron chi connectivity index (χ2n) is 3.39. The van der Waals surface area contributed by atoms with Crippen LogP contribution >= 0.6 is 23.2 Å². The molecule has 82 valence electrons. The molecule has 0 aliphatic heterocycles. The number of hydrogen-bond donors (Lipinski definition) is 1. The number of carbonyl (C=O) groups excluding carboxylic acids is 1. The van der Waals surface area contributed by atoms with Crippen LogP contribution in [0.4, 0.5) is 0 Å². The van der Waals surface area contributed by atoms with Crippen molar-refractivity contribution in [3.63, 3.8) is 0 Å². The summed E-state index contributed by atoms with van der Waals surface area (Å²) in [6.45, 7) is 0. The van der Waals surface area contributed by atoms with Gasteiger partial charge in [0.25, 0.3) is 0 Å². The van der Waals surface area contributed by atoms with Crippen molar-refractivity contribution >= 4 is 29.2 Å². The summed E-state index contributed by atoms with van der Waals surface area (Å²) in [6, 6.07) is 5.00. The molecule has 5 heteroatoms. The molecule has 0 radical (unpaired) electrons. The van der Waals surface area contributed by atoms with Gasteiger partial charge in [0.15, 0.2) is 0 Å². The second kappa shape index (κ2) is 5.35. The quantitative estimate of drug-likeness (QED) is 0.831. The molecule has 1 aromatic carbocycles. The minimum atomic E-state index is -1.09. The van der Waals surface area contributed by atoms with Crippen LogP contribution in [0, 0.1) is 0 Å². The maximum absolute atomic E-state index is 10.3. The number of carboxylic acids is 1.